The summed E-state index contributed by atoms with van der Waals surface area (Å²) in [6.45, 7) is 0. The van der Waals surface area contributed by atoms with Crippen molar-refractivity contribution >= 4 is 44.9 Å². The van der Waals surface area contributed by atoms with Gasteiger partial charge in [0.05, 0.1) is 15.2 Å². The second-order valence-electron chi connectivity index (χ2n) is 4.06. The normalized spacial score (nSPS) is 10.7. The van der Waals surface area contributed by atoms with Crippen LogP contribution in [0.4, 0.5) is 5.82 Å². The summed E-state index contributed by atoms with van der Waals surface area (Å²) < 4.78 is 0.873. The molecular formula is C13H9ClN4OS. The Balaban J connectivity index is 1.99. The summed E-state index contributed by atoms with van der Waals surface area (Å²) in [6.07, 6.45) is 2.90. The highest BCUT2D eigenvalue weighted by molar-refractivity contribution is 7.17. The number of fused-ring (bicyclic) bond motifs is 1. The van der Waals surface area contributed by atoms with Gasteiger partial charge < -0.3 is 0 Å². The quantitative estimate of drug-likeness (QED) is 0.730. The SMILES string of the molecule is CN(C(=O)c1ccc(Cl)cn1)c1ncnc2ccsc12. The van der Waals surface area contributed by atoms with Gasteiger partial charge in [0.1, 0.15) is 12.0 Å². The smallest absolute Gasteiger partial charge is 0.277 e. The Hall–Kier alpha value is -2.05. The highest BCUT2D eigenvalue weighted by atomic mass is 35.5. The maximum Gasteiger partial charge on any atom is 0.277 e. The van der Waals surface area contributed by atoms with Crippen LogP contribution in [-0.2, 0) is 0 Å². The average molecular weight is 305 g/mol. The largest absolute Gasteiger partial charge is 0.293 e. The van der Waals surface area contributed by atoms with E-state index < -0.39 is 0 Å². The van der Waals surface area contributed by atoms with Crippen molar-refractivity contribution in [2.24, 2.45) is 0 Å². The van der Waals surface area contributed by atoms with E-state index >= 15 is 0 Å². The lowest BCUT2D eigenvalue weighted by molar-refractivity contribution is 0.0988. The number of hydrogen-bond donors (Lipinski definition) is 0. The highest BCUT2D eigenvalue weighted by Crippen LogP contribution is 2.27. The molecule has 0 unspecified atom stereocenters. The molecule has 0 radical (unpaired) electrons. The standard InChI is InChI=1S/C13H9ClN4OS/c1-18(13(19)10-3-2-8(14)6-15-10)12-11-9(4-5-20-11)16-7-17-12/h2-7H,1H3. The number of amides is 1. The Kier molecular flexibility index (Phi) is 3.33. The molecule has 3 aromatic rings. The van der Waals surface area contributed by atoms with E-state index in [-0.39, 0.29) is 5.91 Å². The Morgan fingerprint density at radius 3 is 2.85 bits per heavy atom. The van der Waals surface area contributed by atoms with Gasteiger partial charge >= 0.3 is 0 Å². The molecule has 5 nitrogen and oxygen atoms in total. The maximum atomic E-state index is 12.4. The molecule has 0 aliphatic heterocycles. The van der Waals surface area contributed by atoms with Crippen LogP contribution in [0.15, 0.2) is 36.1 Å². The zero-order valence-corrected chi connectivity index (χ0v) is 12.0. The van der Waals surface area contributed by atoms with Crippen molar-refractivity contribution in [2.75, 3.05) is 11.9 Å². The summed E-state index contributed by atoms with van der Waals surface area (Å²) in [5.41, 5.74) is 1.14. The number of nitrogens with zero attached hydrogens (tertiary/aromatic N) is 4. The number of thiophene rings is 1. The Labute approximate surface area is 123 Å². The topological polar surface area (TPSA) is 59.0 Å². The molecule has 0 atom stereocenters. The van der Waals surface area contributed by atoms with Crippen LogP contribution in [0.1, 0.15) is 10.5 Å². The van der Waals surface area contributed by atoms with E-state index in [1.165, 1.54) is 28.8 Å². The summed E-state index contributed by atoms with van der Waals surface area (Å²) in [5, 5.41) is 2.41. The third kappa shape index (κ3) is 2.23. The molecule has 0 bridgehead atoms. The molecule has 0 aromatic carbocycles. The molecule has 7 heteroatoms. The van der Waals surface area contributed by atoms with E-state index in [4.69, 9.17) is 11.6 Å². The lowest BCUT2D eigenvalue weighted by atomic mass is 10.3. The number of aromatic nitrogens is 3. The zero-order valence-electron chi connectivity index (χ0n) is 10.4. The first kappa shape index (κ1) is 13.0. The van der Waals surface area contributed by atoms with Crippen molar-refractivity contribution in [3.8, 4) is 0 Å². The highest BCUT2D eigenvalue weighted by Gasteiger charge is 2.18. The van der Waals surface area contributed by atoms with E-state index in [1.54, 1.807) is 19.2 Å². The van der Waals surface area contributed by atoms with Crippen LogP contribution in [0.5, 0.6) is 0 Å². The first-order valence-corrected chi connectivity index (χ1v) is 7.00. The Bertz CT molecular complexity index is 771. The lowest BCUT2D eigenvalue weighted by Crippen LogP contribution is -2.28. The maximum absolute atomic E-state index is 12.4. The Morgan fingerprint density at radius 2 is 2.10 bits per heavy atom. The first-order valence-electron chi connectivity index (χ1n) is 5.74. The average Bonchev–Trinajstić information content (AvgIpc) is 2.95. The van der Waals surface area contributed by atoms with Crippen molar-refractivity contribution in [1.29, 1.82) is 0 Å². The van der Waals surface area contributed by atoms with Crippen LogP contribution in [0, 0.1) is 0 Å². The van der Waals surface area contributed by atoms with E-state index in [0.717, 1.165) is 10.2 Å². The van der Waals surface area contributed by atoms with Crippen molar-refractivity contribution in [2.45, 2.75) is 0 Å². The van der Waals surface area contributed by atoms with Gasteiger partial charge in [-0.25, -0.2) is 15.0 Å². The van der Waals surface area contributed by atoms with Gasteiger partial charge in [0.15, 0.2) is 5.82 Å². The fraction of sp³-hybridized carbons (Fsp3) is 0.0769. The zero-order chi connectivity index (χ0) is 14.1. The van der Waals surface area contributed by atoms with Crippen LogP contribution < -0.4 is 4.90 Å². The number of pyridine rings is 1. The second kappa shape index (κ2) is 5.15. The van der Waals surface area contributed by atoms with E-state index in [2.05, 4.69) is 15.0 Å². The van der Waals surface area contributed by atoms with Crippen LogP contribution in [-0.4, -0.2) is 27.9 Å². The summed E-state index contributed by atoms with van der Waals surface area (Å²) in [7, 11) is 1.67. The van der Waals surface area contributed by atoms with Gasteiger partial charge in [-0.2, -0.15) is 0 Å². The minimum absolute atomic E-state index is 0.241. The molecular weight excluding hydrogens is 296 g/mol. The summed E-state index contributed by atoms with van der Waals surface area (Å²) in [4.78, 5) is 26.2. The molecule has 0 N–H and O–H groups in total. The molecule has 0 saturated heterocycles. The number of halogens is 1. The van der Waals surface area contributed by atoms with Gasteiger partial charge in [-0.15, -0.1) is 11.3 Å². The van der Waals surface area contributed by atoms with Crippen molar-refractivity contribution < 1.29 is 4.79 Å². The van der Waals surface area contributed by atoms with Gasteiger partial charge in [-0.3, -0.25) is 9.69 Å². The molecule has 0 aliphatic rings. The third-order valence-corrected chi connectivity index (χ3v) is 3.92. The predicted octanol–water partition coefficient (Wildman–Crippen LogP) is 3.02. The number of carbonyl (C=O) groups is 1. The van der Waals surface area contributed by atoms with Crippen LogP contribution in [0.2, 0.25) is 5.02 Å². The van der Waals surface area contributed by atoms with Crippen LogP contribution in [0.25, 0.3) is 10.2 Å². The van der Waals surface area contributed by atoms with Crippen LogP contribution in [0.3, 0.4) is 0 Å². The molecule has 0 saturated carbocycles. The van der Waals surface area contributed by atoms with Crippen molar-refractivity contribution in [3.05, 3.63) is 46.8 Å². The number of carbonyl (C=O) groups excluding carboxylic acids is 1. The summed E-state index contributed by atoms with van der Waals surface area (Å²) >= 11 is 7.27. The second-order valence-corrected chi connectivity index (χ2v) is 5.41. The molecule has 1 amide bonds. The lowest BCUT2D eigenvalue weighted by Gasteiger charge is -2.16. The predicted molar refractivity (Wildman–Crippen MR) is 79.4 cm³/mol. The molecule has 0 spiro atoms. The fourth-order valence-electron chi connectivity index (χ4n) is 1.79. The Morgan fingerprint density at radius 1 is 1.25 bits per heavy atom. The third-order valence-electron chi connectivity index (χ3n) is 2.79. The van der Waals surface area contributed by atoms with Crippen molar-refractivity contribution in [3.63, 3.8) is 0 Å². The summed E-state index contributed by atoms with van der Waals surface area (Å²) in [5.74, 6) is 0.335. The van der Waals surface area contributed by atoms with E-state index in [9.17, 15) is 4.79 Å². The number of anilines is 1. The van der Waals surface area contributed by atoms with E-state index in [1.807, 2.05) is 11.4 Å². The van der Waals surface area contributed by atoms with Gasteiger partial charge in [0, 0.05) is 13.2 Å². The molecule has 0 fully saturated rings. The van der Waals surface area contributed by atoms with Gasteiger partial charge in [0.2, 0.25) is 0 Å². The van der Waals surface area contributed by atoms with Gasteiger partial charge in [0.25, 0.3) is 5.91 Å². The fourth-order valence-corrected chi connectivity index (χ4v) is 2.77. The minimum atomic E-state index is -0.241. The summed E-state index contributed by atoms with van der Waals surface area (Å²) in [6, 6.07) is 5.12. The monoisotopic (exact) mass is 304 g/mol. The van der Waals surface area contributed by atoms with Gasteiger partial charge in [-0.05, 0) is 23.6 Å². The molecule has 3 aromatic heterocycles. The number of hydrogen-bond acceptors (Lipinski definition) is 5. The van der Waals surface area contributed by atoms with E-state index in [0.29, 0.717) is 16.5 Å². The minimum Gasteiger partial charge on any atom is -0.293 e. The molecule has 100 valence electrons. The number of rotatable bonds is 2. The molecule has 20 heavy (non-hydrogen) atoms. The van der Waals surface area contributed by atoms with Crippen LogP contribution >= 0.6 is 22.9 Å². The van der Waals surface area contributed by atoms with Gasteiger partial charge in [-0.1, -0.05) is 11.6 Å². The van der Waals surface area contributed by atoms with Crippen molar-refractivity contribution in [1.82, 2.24) is 15.0 Å². The molecule has 3 heterocycles. The molecule has 3 rings (SSSR count). The first-order chi connectivity index (χ1) is 9.66. The molecule has 0 aliphatic carbocycles.